The number of nitrogens with zero attached hydrogens (tertiary/aromatic N) is 2. The van der Waals surface area contributed by atoms with Crippen molar-refractivity contribution in [2.45, 2.75) is 19.9 Å². The van der Waals surface area contributed by atoms with Crippen molar-refractivity contribution in [2.24, 2.45) is 0 Å². The summed E-state index contributed by atoms with van der Waals surface area (Å²) in [4.78, 5) is 0. The van der Waals surface area contributed by atoms with Gasteiger partial charge in [0.2, 0.25) is 0 Å². The molecule has 0 spiro atoms. The Morgan fingerprint density at radius 2 is 2.22 bits per heavy atom. The summed E-state index contributed by atoms with van der Waals surface area (Å²) in [6.45, 7) is 3.70. The SMILES string of the molecule is CCCNCc1nnc(-c2ccc(Cl)cc2F)s1. The van der Waals surface area contributed by atoms with Gasteiger partial charge in [-0.05, 0) is 31.2 Å². The molecule has 0 aliphatic rings. The zero-order chi connectivity index (χ0) is 13.0. The van der Waals surface area contributed by atoms with Crippen LogP contribution in [0.5, 0.6) is 0 Å². The Kier molecular flexibility index (Phi) is 4.63. The van der Waals surface area contributed by atoms with Gasteiger partial charge in [0.05, 0.1) is 0 Å². The molecule has 1 heterocycles. The van der Waals surface area contributed by atoms with Gasteiger partial charge in [-0.25, -0.2) is 4.39 Å². The molecule has 0 saturated heterocycles. The lowest BCUT2D eigenvalue weighted by Crippen LogP contribution is -2.13. The summed E-state index contributed by atoms with van der Waals surface area (Å²) in [5.41, 5.74) is 0.443. The second-order valence-corrected chi connectivity index (χ2v) is 5.30. The topological polar surface area (TPSA) is 37.8 Å². The van der Waals surface area contributed by atoms with Gasteiger partial charge >= 0.3 is 0 Å². The third-order valence-corrected chi connectivity index (χ3v) is 3.52. The molecular formula is C12H13ClFN3S. The van der Waals surface area contributed by atoms with E-state index in [0.29, 0.717) is 22.1 Å². The van der Waals surface area contributed by atoms with Gasteiger partial charge in [-0.2, -0.15) is 0 Å². The first-order valence-electron chi connectivity index (χ1n) is 5.69. The molecule has 0 radical (unpaired) electrons. The maximum absolute atomic E-state index is 13.7. The molecule has 0 unspecified atom stereocenters. The molecule has 0 bridgehead atoms. The van der Waals surface area contributed by atoms with Crippen molar-refractivity contribution in [1.29, 1.82) is 0 Å². The maximum Gasteiger partial charge on any atom is 0.150 e. The van der Waals surface area contributed by atoms with Gasteiger partial charge < -0.3 is 5.32 Å². The Labute approximate surface area is 114 Å². The highest BCUT2D eigenvalue weighted by atomic mass is 35.5. The van der Waals surface area contributed by atoms with Crippen molar-refractivity contribution in [3.8, 4) is 10.6 Å². The van der Waals surface area contributed by atoms with E-state index in [9.17, 15) is 4.39 Å². The number of benzene rings is 1. The van der Waals surface area contributed by atoms with Crippen LogP contribution in [0.2, 0.25) is 5.02 Å². The molecule has 0 atom stereocenters. The summed E-state index contributed by atoms with van der Waals surface area (Å²) in [5.74, 6) is -0.369. The Morgan fingerprint density at radius 3 is 2.94 bits per heavy atom. The van der Waals surface area contributed by atoms with Crippen LogP contribution in [-0.4, -0.2) is 16.7 Å². The molecule has 2 aromatic rings. The summed E-state index contributed by atoms with van der Waals surface area (Å²) >= 11 is 7.10. The molecule has 6 heteroatoms. The number of hydrogen-bond donors (Lipinski definition) is 1. The van der Waals surface area contributed by atoms with Crippen molar-refractivity contribution < 1.29 is 4.39 Å². The van der Waals surface area contributed by atoms with E-state index >= 15 is 0 Å². The highest BCUT2D eigenvalue weighted by Crippen LogP contribution is 2.27. The van der Waals surface area contributed by atoms with Crippen LogP contribution in [0.4, 0.5) is 4.39 Å². The van der Waals surface area contributed by atoms with Crippen molar-refractivity contribution in [3.63, 3.8) is 0 Å². The molecule has 0 aliphatic carbocycles. The Balaban J connectivity index is 2.13. The van der Waals surface area contributed by atoms with Crippen LogP contribution in [0.3, 0.4) is 0 Å². The van der Waals surface area contributed by atoms with Gasteiger partial charge in [-0.3, -0.25) is 0 Å². The average Bonchev–Trinajstić information content (AvgIpc) is 2.78. The predicted octanol–water partition coefficient (Wildman–Crippen LogP) is 3.50. The third kappa shape index (κ3) is 3.25. The normalized spacial score (nSPS) is 10.8. The molecule has 1 aromatic heterocycles. The molecule has 3 nitrogen and oxygen atoms in total. The molecule has 0 saturated carbocycles. The first-order chi connectivity index (χ1) is 8.70. The molecule has 18 heavy (non-hydrogen) atoms. The van der Waals surface area contributed by atoms with E-state index < -0.39 is 0 Å². The third-order valence-electron chi connectivity index (χ3n) is 2.33. The van der Waals surface area contributed by atoms with Crippen LogP contribution in [-0.2, 0) is 6.54 Å². The standard InChI is InChI=1S/C12H13ClFN3S/c1-2-5-15-7-11-16-17-12(18-11)9-4-3-8(13)6-10(9)14/h3-4,6,15H,2,5,7H2,1H3. The quantitative estimate of drug-likeness (QED) is 0.855. The maximum atomic E-state index is 13.7. The summed E-state index contributed by atoms with van der Waals surface area (Å²) in [6.07, 6.45) is 1.07. The van der Waals surface area contributed by atoms with Crippen LogP contribution < -0.4 is 5.32 Å². The van der Waals surface area contributed by atoms with Crippen LogP contribution in [0.25, 0.3) is 10.6 Å². The van der Waals surface area contributed by atoms with Crippen LogP contribution in [0.1, 0.15) is 18.4 Å². The number of nitrogens with one attached hydrogen (secondary N) is 1. The minimum absolute atomic E-state index is 0.369. The second-order valence-electron chi connectivity index (χ2n) is 3.80. The monoisotopic (exact) mass is 285 g/mol. The Morgan fingerprint density at radius 1 is 1.39 bits per heavy atom. The van der Waals surface area contributed by atoms with Crippen molar-refractivity contribution in [2.75, 3.05) is 6.54 Å². The Bertz CT molecular complexity index is 530. The molecule has 0 fully saturated rings. The zero-order valence-corrected chi connectivity index (χ0v) is 11.5. The molecule has 0 aliphatic heterocycles. The highest BCUT2D eigenvalue weighted by Gasteiger charge is 2.11. The van der Waals surface area contributed by atoms with E-state index in [-0.39, 0.29) is 5.82 Å². The smallest absolute Gasteiger partial charge is 0.150 e. The van der Waals surface area contributed by atoms with Crippen LogP contribution >= 0.6 is 22.9 Å². The lowest BCUT2D eigenvalue weighted by atomic mass is 10.2. The van der Waals surface area contributed by atoms with E-state index in [1.165, 1.54) is 17.4 Å². The molecule has 0 amide bonds. The van der Waals surface area contributed by atoms with Gasteiger partial charge in [-0.1, -0.05) is 29.9 Å². The number of halogens is 2. The molecule has 2 rings (SSSR count). The van der Waals surface area contributed by atoms with Crippen molar-refractivity contribution in [3.05, 3.63) is 34.0 Å². The number of aromatic nitrogens is 2. The van der Waals surface area contributed by atoms with Crippen LogP contribution in [0.15, 0.2) is 18.2 Å². The van der Waals surface area contributed by atoms with E-state index in [0.717, 1.165) is 18.0 Å². The minimum Gasteiger partial charge on any atom is -0.310 e. The fourth-order valence-electron chi connectivity index (χ4n) is 1.47. The molecular weight excluding hydrogens is 273 g/mol. The van der Waals surface area contributed by atoms with Gasteiger partial charge in [0.15, 0.2) is 5.01 Å². The summed E-state index contributed by atoms with van der Waals surface area (Å²) in [7, 11) is 0. The van der Waals surface area contributed by atoms with Gasteiger partial charge in [0.25, 0.3) is 0 Å². The van der Waals surface area contributed by atoms with Gasteiger partial charge in [-0.15, -0.1) is 10.2 Å². The van der Waals surface area contributed by atoms with Crippen molar-refractivity contribution >= 4 is 22.9 Å². The predicted molar refractivity (Wildman–Crippen MR) is 72.3 cm³/mol. The lowest BCUT2D eigenvalue weighted by Gasteiger charge is -1.98. The first kappa shape index (κ1) is 13.4. The summed E-state index contributed by atoms with van der Waals surface area (Å²) in [5, 5.41) is 13.1. The van der Waals surface area contributed by atoms with E-state index in [1.807, 2.05) is 0 Å². The molecule has 96 valence electrons. The lowest BCUT2D eigenvalue weighted by molar-refractivity contribution is 0.631. The minimum atomic E-state index is -0.369. The largest absolute Gasteiger partial charge is 0.310 e. The van der Waals surface area contributed by atoms with E-state index in [2.05, 4.69) is 22.4 Å². The second kappa shape index (κ2) is 6.22. The zero-order valence-electron chi connectivity index (χ0n) is 9.91. The summed E-state index contributed by atoms with van der Waals surface area (Å²) in [6, 6.07) is 4.56. The van der Waals surface area contributed by atoms with E-state index in [1.54, 1.807) is 12.1 Å². The number of rotatable bonds is 5. The van der Waals surface area contributed by atoms with Crippen molar-refractivity contribution in [1.82, 2.24) is 15.5 Å². The van der Waals surface area contributed by atoms with Crippen LogP contribution in [0, 0.1) is 5.82 Å². The average molecular weight is 286 g/mol. The fourth-order valence-corrected chi connectivity index (χ4v) is 2.46. The van der Waals surface area contributed by atoms with E-state index in [4.69, 9.17) is 11.6 Å². The van der Waals surface area contributed by atoms with Gasteiger partial charge in [0.1, 0.15) is 10.8 Å². The fraction of sp³-hybridized carbons (Fsp3) is 0.333. The molecule has 1 N–H and O–H groups in total. The Hall–Kier alpha value is -1.04. The summed E-state index contributed by atoms with van der Waals surface area (Å²) < 4.78 is 13.7. The molecule has 1 aromatic carbocycles. The number of hydrogen-bond acceptors (Lipinski definition) is 4. The first-order valence-corrected chi connectivity index (χ1v) is 6.88. The highest BCUT2D eigenvalue weighted by molar-refractivity contribution is 7.14. The van der Waals surface area contributed by atoms with Gasteiger partial charge in [0, 0.05) is 17.1 Å².